The highest BCUT2D eigenvalue weighted by Gasteiger charge is 1.87. The van der Waals surface area contributed by atoms with E-state index in [2.05, 4.69) is 11.4 Å². The molecule has 39 valence electrons. The Morgan fingerprint density at radius 1 is 2.00 bits per heavy atom. The van der Waals surface area contributed by atoms with E-state index in [4.69, 9.17) is 5.84 Å². The van der Waals surface area contributed by atoms with E-state index in [1.807, 2.05) is 0 Å². The number of hydrogen-bond donors (Lipinski definition) is 1. The largest absolute Gasteiger partial charge is 0.351 e. The number of nitrogens with one attached hydrogen (secondary N) is 2. The third-order valence-corrected chi connectivity index (χ3v) is 0.318. The Kier molecular flexibility index (Phi) is 2.91. The second-order valence-electron chi connectivity index (χ2n) is 0.727. The van der Waals surface area contributed by atoms with Gasteiger partial charge in [-0.2, -0.15) is 0 Å². The summed E-state index contributed by atoms with van der Waals surface area (Å²) in [5, 5.41) is 0. The van der Waals surface area contributed by atoms with Gasteiger partial charge in [-0.1, -0.05) is 12.2 Å². The van der Waals surface area contributed by atoms with Crippen LogP contribution in [0.25, 0.3) is 0 Å². The molecule has 0 aliphatic carbocycles. The van der Waals surface area contributed by atoms with E-state index >= 15 is 0 Å². The minimum atomic E-state index is -0.657. The molecule has 2 N–H and O–H groups in total. The van der Waals surface area contributed by atoms with Crippen LogP contribution in [0.15, 0.2) is 12.7 Å². The molecular weight excluding hydrogens is 96.0 g/mol. The van der Waals surface area contributed by atoms with Crippen LogP contribution >= 0.6 is 0 Å². The maximum absolute atomic E-state index is 9.89. The zero-order chi connectivity index (χ0) is 5.70. The van der Waals surface area contributed by atoms with Crippen molar-refractivity contribution in [3.63, 3.8) is 0 Å². The molecule has 0 saturated carbocycles. The summed E-state index contributed by atoms with van der Waals surface area (Å²) in [7, 11) is 0. The highest BCUT2D eigenvalue weighted by molar-refractivity contribution is 5.80. The van der Waals surface area contributed by atoms with Gasteiger partial charge in [0.1, 0.15) is 0 Å². The summed E-state index contributed by atoms with van der Waals surface area (Å²) in [6.07, 6.45) is 0.960. The van der Waals surface area contributed by atoms with Crippen molar-refractivity contribution in [1.82, 2.24) is 11.4 Å². The van der Waals surface area contributed by atoms with Gasteiger partial charge in [0.25, 0.3) is 0 Å². The molecule has 1 radical (unpaired) electrons. The quantitative estimate of drug-likeness (QED) is 0.374. The summed E-state index contributed by atoms with van der Waals surface area (Å²) in [6, 6.07) is 0. The SMILES string of the molecule is C=CC(=O)ON[NH]. The monoisotopic (exact) mass is 101 g/mol. The zero-order valence-electron chi connectivity index (χ0n) is 3.60. The van der Waals surface area contributed by atoms with E-state index in [0.717, 1.165) is 6.08 Å². The Hall–Kier alpha value is -0.870. The summed E-state index contributed by atoms with van der Waals surface area (Å²) in [5.41, 5.74) is 1.45. The Morgan fingerprint density at radius 2 is 2.57 bits per heavy atom. The lowest BCUT2D eigenvalue weighted by molar-refractivity contribution is -0.145. The van der Waals surface area contributed by atoms with E-state index in [-0.39, 0.29) is 0 Å². The second kappa shape index (κ2) is 3.32. The molecule has 0 aromatic rings. The predicted molar refractivity (Wildman–Crippen MR) is 22.5 cm³/mol. The van der Waals surface area contributed by atoms with Gasteiger partial charge < -0.3 is 4.84 Å². The Morgan fingerprint density at radius 3 is 2.71 bits per heavy atom. The maximum Gasteiger partial charge on any atom is 0.350 e. The van der Waals surface area contributed by atoms with Gasteiger partial charge in [0.05, 0.1) is 0 Å². The molecule has 0 heterocycles. The highest BCUT2D eigenvalue weighted by atomic mass is 16.7. The highest BCUT2D eigenvalue weighted by Crippen LogP contribution is 1.67. The summed E-state index contributed by atoms with van der Waals surface area (Å²) in [5.74, 6) is 5.44. The van der Waals surface area contributed by atoms with Crippen LogP contribution in [0.3, 0.4) is 0 Å². The smallest absolute Gasteiger partial charge is 0.350 e. The standard InChI is InChI=1S/C3H5N2O2/c1-2-3(6)7-5-4/h2,4-5H,1H2. The van der Waals surface area contributed by atoms with Gasteiger partial charge in [0.2, 0.25) is 0 Å². The minimum Gasteiger partial charge on any atom is -0.351 e. The van der Waals surface area contributed by atoms with Gasteiger partial charge in [-0.3, -0.25) is 0 Å². The van der Waals surface area contributed by atoms with Crippen LogP contribution in [0, 0.1) is 0 Å². The molecule has 0 spiro atoms. The molecule has 0 rings (SSSR count). The van der Waals surface area contributed by atoms with Crippen LogP contribution < -0.4 is 11.4 Å². The average molecular weight is 101 g/mol. The van der Waals surface area contributed by atoms with Crippen LogP contribution in [-0.2, 0) is 9.63 Å². The average Bonchev–Trinajstić information content (AvgIpc) is 1.68. The number of carbonyl (C=O) groups is 1. The van der Waals surface area contributed by atoms with Gasteiger partial charge >= 0.3 is 5.97 Å². The third-order valence-electron chi connectivity index (χ3n) is 0.318. The van der Waals surface area contributed by atoms with Crippen molar-refractivity contribution in [2.45, 2.75) is 0 Å². The van der Waals surface area contributed by atoms with Crippen molar-refractivity contribution in [3.05, 3.63) is 12.7 Å². The number of hydrogen-bond acceptors (Lipinski definition) is 3. The fraction of sp³-hybridized carbons (Fsp3) is 0. The van der Waals surface area contributed by atoms with Crippen LogP contribution in [0.4, 0.5) is 0 Å². The van der Waals surface area contributed by atoms with Crippen molar-refractivity contribution in [3.8, 4) is 0 Å². The molecule has 4 heteroatoms. The van der Waals surface area contributed by atoms with Gasteiger partial charge in [0, 0.05) is 6.08 Å². The molecule has 0 saturated heterocycles. The summed E-state index contributed by atoms with van der Waals surface area (Å²) >= 11 is 0. The van der Waals surface area contributed by atoms with E-state index < -0.39 is 5.97 Å². The first-order valence-corrected chi connectivity index (χ1v) is 1.56. The molecule has 0 aromatic carbocycles. The summed E-state index contributed by atoms with van der Waals surface area (Å²) in [4.78, 5) is 13.7. The Labute approximate surface area is 40.9 Å². The van der Waals surface area contributed by atoms with Crippen LogP contribution in [0.1, 0.15) is 0 Å². The lowest BCUT2D eigenvalue weighted by Crippen LogP contribution is -2.14. The van der Waals surface area contributed by atoms with Crippen molar-refractivity contribution in [2.24, 2.45) is 0 Å². The van der Waals surface area contributed by atoms with Crippen molar-refractivity contribution in [1.29, 1.82) is 0 Å². The lowest BCUT2D eigenvalue weighted by atomic mass is 10.7. The van der Waals surface area contributed by atoms with Crippen LogP contribution in [-0.4, -0.2) is 5.97 Å². The van der Waals surface area contributed by atoms with Gasteiger partial charge in [-0.15, -0.1) is 5.84 Å². The van der Waals surface area contributed by atoms with Crippen LogP contribution in [0.2, 0.25) is 0 Å². The molecule has 0 aliphatic rings. The molecule has 0 aromatic heterocycles. The van der Waals surface area contributed by atoms with Crippen molar-refractivity contribution in [2.75, 3.05) is 0 Å². The molecule has 0 aliphatic heterocycles. The van der Waals surface area contributed by atoms with Gasteiger partial charge in [-0.25, -0.2) is 4.79 Å². The fourth-order valence-electron chi connectivity index (χ4n) is 0.0920. The zero-order valence-corrected chi connectivity index (χ0v) is 3.60. The molecule has 7 heavy (non-hydrogen) atoms. The van der Waals surface area contributed by atoms with Gasteiger partial charge in [-0.05, 0) is 0 Å². The molecule has 0 fully saturated rings. The predicted octanol–water partition coefficient (Wildman–Crippen LogP) is -0.582. The first kappa shape index (κ1) is 6.13. The summed E-state index contributed by atoms with van der Waals surface area (Å²) in [6.45, 7) is 3.08. The normalized spacial score (nSPS) is 7.57. The topological polar surface area (TPSA) is 62.1 Å². The molecule has 0 amide bonds. The first-order chi connectivity index (χ1) is 3.31. The van der Waals surface area contributed by atoms with Crippen molar-refractivity contribution >= 4 is 5.97 Å². The second-order valence-corrected chi connectivity index (χ2v) is 0.727. The molecule has 0 atom stereocenters. The van der Waals surface area contributed by atoms with Gasteiger partial charge in [0.15, 0.2) is 0 Å². The number of rotatable bonds is 2. The summed E-state index contributed by atoms with van der Waals surface area (Å²) < 4.78 is 0. The molecule has 0 unspecified atom stereocenters. The van der Waals surface area contributed by atoms with E-state index in [1.165, 1.54) is 5.59 Å². The minimum absolute atomic E-state index is 0.657. The lowest BCUT2D eigenvalue weighted by Gasteiger charge is -1.90. The molecule has 0 bridgehead atoms. The van der Waals surface area contributed by atoms with Crippen molar-refractivity contribution < 1.29 is 9.63 Å². The van der Waals surface area contributed by atoms with E-state index in [1.54, 1.807) is 0 Å². The first-order valence-electron chi connectivity index (χ1n) is 1.56. The number of carbonyl (C=O) groups excluding carboxylic acids is 1. The van der Waals surface area contributed by atoms with E-state index in [9.17, 15) is 4.79 Å². The maximum atomic E-state index is 9.89. The Balaban J connectivity index is 3.17. The third kappa shape index (κ3) is 2.95. The van der Waals surface area contributed by atoms with E-state index in [0.29, 0.717) is 0 Å². The van der Waals surface area contributed by atoms with Crippen LogP contribution in [0.5, 0.6) is 0 Å². The molecule has 4 nitrogen and oxygen atoms in total. The molecular formula is C3H5N2O2. The fourth-order valence-corrected chi connectivity index (χ4v) is 0.0920. The Bertz CT molecular complexity index is 81.0.